The average molecular weight is 366 g/mol. The van der Waals surface area contributed by atoms with E-state index in [1.54, 1.807) is 18.2 Å². The number of hydrogen-bond donors (Lipinski definition) is 2. The summed E-state index contributed by atoms with van der Waals surface area (Å²) in [5.74, 6) is 0.387. The largest absolute Gasteiger partial charge is 0.381 e. The van der Waals surface area contributed by atoms with Crippen LogP contribution in [0.3, 0.4) is 0 Å². The SMILES string of the molecule is CC(NC1(C2CC2)CCOCC1)C(=O)Nc1ccccc1S(C)(=O)=O. The Morgan fingerprint density at radius 3 is 2.48 bits per heavy atom. The number of amides is 1. The van der Waals surface area contributed by atoms with Crippen LogP contribution >= 0.6 is 0 Å². The Bertz CT molecular complexity index is 737. The fraction of sp³-hybridized carbons (Fsp3) is 0.611. The van der Waals surface area contributed by atoms with Crippen LogP contribution in [0.4, 0.5) is 5.69 Å². The third-order valence-electron chi connectivity index (χ3n) is 5.19. The molecule has 1 atom stereocenters. The first kappa shape index (κ1) is 18.4. The highest BCUT2D eigenvalue weighted by atomic mass is 32.2. The van der Waals surface area contributed by atoms with Gasteiger partial charge in [0.1, 0.15) is 0 Å². The van der Waals surface area contributed by atoms with Crippen molar-refractivity contribution in [3.05, 3.63) is 24.3 Å². The van der Waals surface area contributed by atoms with Gasteiger partial charge in [-0.3, -0.25) is 4.79 Å². The van der Waals surface area contributed by atoms with Crippen molar-refractivity contribution in [3.63, 3.8) is 0 Å². The predicted molar refractivity (Wildman–Crippen MR) is 96.3 cm³/mol. The first-order valence-corrected chi connectivity index (χ1v) is 10.7. The van der Waals surface area contributed by atoms with Gasteiger partial charge in [-0.2, -0.15) is 0 Å². The third kappa shape index (κ3) is 4.22. The van der Waals surface area contributed by atoms with Gasteiger partial charge >= 0.3 is 0 Å². The summed E-state index contributed by atoms with van der Waals surface area (Å²) >= 11 is 0. The minimum absolute atomic E-state index is 0.0364. The van der Waals surface area contributed by atoms with E-state index in [4.69, 9.17) is 4.74 Å². The molecule has 1 aromatic carbocycles. The Balaban J connectivity index is 1.71. The van der Waals surface area contributed by atoms with Gasteiger partial charge in [-0.15, -0.1) is 0 Å². The van der Waals surface area contributed by atoms with E-state index in [1.165, 1.54) is 18.9 Å². The molecular formula is C18H26N2O4S. The summed E-state index contributed by atoms with van der Waals surface area (Å²) in [5.41, 5.74) is 0.293. The van der Waals surface area contributed by atoms with Gasteiger partial charge in [-0.05, 0) is 50.7 Å². The quantitative estimate of drug-likeness (QED) is 0.804. The van der Waals surface area contributed by atoms with Crippen LogP contribution in [0.2, 0.25) is 0 Å². The van der Waals surface area contributed by atoms with Gasteiger partial charge < -0.3 is 15.4 Å². The molecule has 6 nitrogen and oxygen atoms in total. The fourth-order valence-electron chi connectivity index (χ4n) is 3.67. The molecule has 3 rings (SSSR count). The summed E-state index contributed by atoms with van der Waals surface area (Å²) in [6.45, 7) is 3.27. The summed E-state index contributed by atoms with van der Waals surface area (Å²) in [6.07, 6.45) is 5.35. The Hall–Kier alpha value is -1.44. The second kappa shape index (κ2) is 7.05. The first-order chi connectivity index (χ1) is 11.8. The van der Waals surface area contributed by atoms with E-state index in [9.17, 15) is 13.2 Å². The van der Waals surface area contributed by atoms with Crippen LogP contribution in [0.25, 0.3) is 0 Å². The van der Waals surface area contributed by atoms with E-state index in [0.717, 1.165) is 32.3 Å². The van der Waals surface area contributed by atoms with Crippen molar-refractivity contribution in [1.29, 1.82) is 0 Å². The van der Waals surface area contributed by atoms with Gasteiger partial charge in [0.15, 0.2) is 9.84 Å². The highest BCUT2D eigenvalue weighted by Crippen LogP contribution is 2.45. The summed E-state index contributed by atoms with van der Waals surface area (Å²) < 4.78 is 29.3. The Kier molecular flexibility index (Phi) is 5.18. The molecule has 1 amide bonds. The smallest absolute Gasteiger partial charge is 0.241 e. The van der Waals surface area contributed by atoms with Crippen molar-refractivity contribution in [2.45, 2.75) is 49.1 Å². The summed E-state index contributed by atoms with van der Waals surface area (Å²) in [5, 5.41) is 6.30. The monoisotopic (exact) mass is 366 g/mol. The fourth-order valence-corrected chi connectivity index (χ4v) is 4.52. The van der Waals surface area contributed by atoms with Crippen LogP contribution in [0.1, 0.15) is 32.6 Å². The van der Waals surface area contributed by atoms with E-state index in [1.807, 2.05) is 6.92 Å². The Labute approximate surface area is 149 Å². The number of para-hydroxylation sites is 1. The van der Waals surface area contributed by atoms with Crippen molar-refractivity contribution in [1.82, 2.24) is 5.32 Å². The molecule has 25 heavy (non-hydrogen) atoms. The van der Waals surface area contributed by atoms with Crippen molar-refractivity contribution in [2.75, 3.05) is 24.8 Å². The van der Waals surface area contributed by atoms with E-state index in [2.05, 4.69) is 10.6 Å². The number of rotatable bonds is 6. The molecular weight excluding hydrogens is 340 g/mol. The van der Waals surface area contributed by atoms with E-state index in [-0.39, 0.29) is 16.3 Å². The van der Waals surface area contributed by atoms with Crippen molar-refractivity contribution in [3.8, 4) is 0 Å². The number of nitrogens with one attached hydrogen (secondary N) is 2. The first-order valence-electron chi connectivity index (χ1n) is 8.77. The number of ether oxygens (including phenoxy) is 1. The number of benzene rings is 1. The lowest BCUT2D eigenvalue weighted by molar-refractivity contribution is -0.118. The zero-order valence-electron chi connectivity index (χ0n) is 14.7. The molecule has 2 aliphatic rings. The minimum Gasteiger partial charge on any atom is -0.381 e. The average Bonchev–Trinajstić information content (AvgIpc) is 3.40. The highest BCUT2D eigenvalue weighted by Gasteiger charge is 2.47. The van der Waals surface area contributed by atoms with Crippen molar-refractivity contribution >= 4 is 21.4 Å². The van der Waals surface area contributed by atoms with Crippen LogP contribution in [0.15, 0.2) is 29.2 Å². The molecule has 1 aromatic rings. The van der Waals surface area contributed by atoms with Crippen LogP contribution in [0, 0.1) is 5.92 Å². The van der Waals surface area contributed by atoms with E-state index < -0.39 is 15.9 Å². The van der Waals surface area contributed by atoms with E-state index >= 15 is 0 Å². The maximum atomic E-state index is 12.7. The molecule has 1 aliphatic carbocycles. The van der Waals surface area contributed by atoms with Crippen molar-refractivity contribution < 1.29 is 17.9 Å². The Morgan fingerprint density at radius 1 is 1.24 bits per heavy atom. The van der Waals surface area contributed by atoms with Crippen LogP contribution < -0.4 is 10.6 Å². The molecule has 0 aromatic heterocycles. The topological polar surface area (TPSA) is 84.5 Å². The van der Waals surface area contributed by atoms with Gasteiger partial charge in [0.05, 0.1) is 16.6 Å². The second-order valence-electron chi connectivity index (χ2n) is 7.17. The van der Waals surface area contributed by atoms with Crippen LogP contribution in [0.5, 0.6) is 0 Å². The zero-order valence-corrected chi connectivity index (χ0v) is 15.6. The molecule has 1 saturated carbocycles. The zero-order chi connectivity index (χ0) is 18.1. The molecule has 2 fully saturated rings. The molecule has 0 radical (unpaired) electrons. The molecule has 2 N–H and O–H groups in total. The molecule has 7 heteroatoms. The molecule has 1 aliphatic heterocycles. The van der Waals surface area contributed by atoms with Gasteiger partial charge in [0.25, 0.3) is 0 Å². The van der Waals surface area contributed by atoms with Gasteiger partial charge in [0.2, 0.25) is 5.91 Å². The lowest BCUT2D eigenvalue weighted by Gasteiger charge is -2.40. The Morgan fingerprint density at radius 2 is 1.88 bits per heavy atom. The highest BCUT2D eigenvalue weighted by molar-refractivity contribution is 7.90. The summed E-state index contributed by atoms with van der Waals surface area (Å²) in [6, 6.07) is 6.08. The van der Waals surface area contributed by atoms with Gasteiger partial charge in [0, 0.05) is 25.0 Å². The lowest BCUT2D eigenvalue weighted by Crippen LogP contribution is -2.57. The normalized spacial score (nSPS) is 21.5. The summed E-state index contributed by atoms with van der Waals surface area (Å²) in [7, 11) is -3.40. The minimum atomic E-state index is -3.40. The number of hydrogen-bond acceptors (Lipinski definition) is 5. The lowest BCUT2D eigenvalue weighted by atomic mass is 9.84. The molecule has 1 saturated heterocycles. The molecule has 0 bridgehead atoms. The number of carbonyl (C=O) groups excluding carboxylic acids is 1. The number of carbonyl (C=O) groups is 1. The van der Waals surface area contributed by atoms with Crippen LogP contribution in [-0.2, 0) is 19.4 Å². The van der Waals surface area contributed by atoms with E-state index in [0.29, 0.717) is 11.6 Å². The summed E-state index contributed by atoms with van der Waals surface area (Å²) in [4.78, 5) is 12.8. The molecule has 138 valence electrons. The second-order valence-corrected chi connectivity index (χ2v) is 9.15. The van der Waals surface area contributed by atoms with Crippen molar-refractivity contribution in [2.24, 2.45) is 5.92 Å². The predicted octanol–water partition coefficient (Wildman–Crippen LogP) is 1.97. The standard InChI is InChI=1S/C18H26N2O4S/c1-13(20-18(14-7-8-14)9-11-24-12-10-18)17(21)19-15-5-3-4-6-16(15)25(2,22)23/h3-6,13-14,20H,7-12H2,1-2H3,(H,19,21). The van der Waals surface area contributed by atoms with Gasteiger partial charge in [-0.1, -0.05) is 12.1 Å². The maximum absolute atomic E-state index is 12.7. The molecule has 1 heterocycles. The third-order valence-corrected chi connectivity index (χ3v) is 6.34. The van der Waals surface area contributed by atoms with Gasteiger partial charge in [-0.25, -0.2) is 8.42 Å². The molecule has 1 unspecified atom stereocenters. The maximum Gasteiger partial charge on any atom is 0.241 e. The number of anilines is 1. The number of sulfone groups is 1. The molecule has 0 spiro atoms. The van der Waals surface area contributed by atoms with Crippen LogP contribution in [-0.4, -0.2) is 45.4 Å².